The summed E-state index contributed by atoms with van der Waals surface area (Å²) in [4.78, 5) is 33.2. The first kappa shape index (κ1) is 16.8. The molecule has 0 bridgehead atoms. The van der Waals surface area contributed by atoms with Gasteiger partial charge in [-0.1, -0.05) is 6.92 Å². The molecule has 0 fully saturated rings. The van der Waals surface area contributed by atoms with Gasteiger partial charge in [0.2, 0.25) is 0 Å². The van der Waals surface area contributed by atoms with Gasteiger partial charge in [0.15, 0.2) is 0 Å². The molecule has 0 unspecified atom stereocenters. The molecule has 0 aliphatic heterocycles. The average molecular weight is 340 g/mol. The van der Waals surface area contributed by atoms with Crippen LogP contribution in [0.25, 0.3) is 10.9 Å². The summed E-state index contributed by atoms with van der Waals surface area (Å²) in [6, 6.07) is 4.67. The van der Waals surface area contributed by atoms with Gasteiger partial charge in [-0.05, 0) is 31.5 Å². The highest BCUT2D eigenvalue weighted by Gasteiger charge is 2.19. The maximum atomic E-state index is 12.6. The van der Waals surface area contributed by atoms with Gasteiger partial charge < -0.3 is 9.88 Å². The second kappa shape index (κ2) is 6.84. The number of aromatic nitrogens is 5. The Hall–Kier alpha value is -3.03. The number of carbonyl (C=O) groups excluding carboxylic acids is 1. The van der Waals surface area contributed by atoms with Crippen LogP contribution in [0.1, 0.15) is 42.5 Å². The summed E-state index contributed by atoms with van der Waals surface area (Å²) in [5.74, 6) is 0.494. The standard InChI is InChI=1S/C17H20N6O2/c1-4-13(15-18-9-20-23(15)5-2)21-16(24)11-6-7-12-14(8-11)19-10-22(3)17(12)25/h6-10,13H,4-5H2,1-3H3,(H,21,24)/t13-/m0/s1. The van der Waals surface area contributed by atoms with Gasteiger partial charge in [-0.3, -0.25) is 9.59 Å². The predicted molar refractivity (Wildman–Crippen MR) is 93.2 cm³/mol. The summed E-state index contributed by atoms with van der Waals surface area (Å²) in [5, 5.41) is 7.61. The number of hydrogen-bond donors (Lipinski definition) is 1. The number of carbonyl (C=O) groups is 1. The fraction of sp³-hybridized carbons (Fsp3) is 0.353. The molecule has 8 heteroatoms. The summed E-state index contributed by atoms with van der Waals surface area (Å²) in [5.41, 5.74) is 0.814. The van der Waals surface area contributed by atoms with Gasteiger partial charge in [0.1, 0.15) is 12.2 Å². The molecule has 2 heterocycles. The minimum atomic E-state index is -0.234. The zero-order valence-electron chi connectivity index (χ0n) is 14.4. The number of amides is 1. The van der Waals surface area contributed by atoms with Crippen molar-refractivity contribution in [2.75, 3.05) is 0 Å². The largest absolute Gasteiger partial charge is 0.342 e. The fourth-order valence-corrected chi connectivity index (χ4v) is 2.73. The van der Waals surface area contributed by atoms with Gasteiger partial charge in [-0.25, -0.2) is 14.6 Å². The van der Waals surface area contributed by atoms with Gasteiger partial charge in [0.25, 0.3) is 11.5 Å². The lowest BCUT2D eigenvalue weighted by molar-refractivity contribution is 0.0933. The molecule has 0 saturated heterocycles. The van der Waals surface area contributed by atoms with E-state index < -0.39 is 0 Å². The number of benzene rings is 1. The molecular formula is C17H20N6O2. The maximum Gasteiger partial charge on any atom is 0.260 e. The van der Waals surface area contributed by atoms with Crippen molar-refractivity contribution in [2.45, 2.75) is 32.9 Å². The van der Waals surface area contributed by atoms with E-state index in [0.717, 1.165) is 5.82 Å². The van der Waals surface area contributed by atoms with Crippen LogP contribution in [0.3, 0.4) is 0 Å². The fourth-order valence-electron chi connectivity index (χ4n) is 2.73. The van der Waals surface area contributed by atoms with Gasteiger partial charge in [0, 0.05) is 19.2 Å². The lowest BCUT2D eigenvalue weighted by atomic mass is 10.1. The van der Waals surface area contributed by atoms with Crippen LogP contribution in [0.4, 0.5) is 0 Å². The molecule has 130 valence electrons. The van der Waals surface area contributed by atoms with E-state index in [-0.39, 0.29) is 17.5 Å². The Balaban J connectivity index is 1.89. The van der Waals surface area contributed by atoms with E-state index in [9.17, 15) is 9.59 Å². The third kappa shape index (κ3) is 3.15. The molecule has 3 aromatic rings. The first-order chi connectivity index (χ1) is 12.0. The molecule has 0 spiro atoms. The second-order valence-electron chi connectivity index (χ2n) is 5.76. The number of hydrogen-bond acceptors (Lipinski definition) is 5. The molecule has 2 aromatic heterocycles. The van der Waals surface area contributed by atoms with Gasteiger partial charge in [0.05, 0.1) is 23.3 Å². The highest BCUT2D eigenvalue weighted by molar-refractivity contribution is 5.97. The summed E-state index contributed by atoms with van der Waals surface area (Å²) in [6.45, 7) is 4.64. The molecule has 1 amide bonds. The summed E-state index contributed by atoms with van der Waals surface area (Å²) >= 11 is 0. The van der Waals surface area contributed by atoms with E-state index in [0.29, 0.717) is 29.4 Å². The minimum absolute atomic E-state index is 0.139. The van der Waals surface area contributed by atoms with Crippen molar-refractivity contribution in [1.82, 2.24) is 29.6 Å². The van der Waals surface area contributed by atoms with Crippen LogP contribution >= 0.6 is 0 Å². The predicted octanol–water partition coefficient (Wildman–Crippen LogP) is 1.43. The quantitative estimate of drug-likeness (QED) is 0.758. The summed E-state index contributed by atoms with van der Waals surface area (Å²) in [6.07, 6.45) is 3.63. The topological polar surface area (TPSA) is 94.7 Å². The normalized spacial score (nSPS) is 12.3. The highest BCUT2D eigenvalue weighted by atomic mass is 16.1. The molecule has 0 aliphatic carbocycles. The van der Waals surface area contributed by atoms with Gasteiger partial charge >= 0.3 is 0 Å². The Morgan fingerprint density at radius 1 is 1.28 bits per heavy atom. The van der Waals surface area contributed by atoms with Crippen molar-refractivity contribution in [3.63, 3.8) is 0 Å². The van der Waals surface area contributed by atoms with E-state index in [2.05, 4.69) is 20.4 Å². The zero-order valence-corrected chi connectivity index (χ0v) is 14.4. The number of nitrogens with one attached hydrogen (secondary N) is 1. The monoisotopic (exact) mass is 340 g/mol. The van der Waals surface area contributed by atoms with E-state index in [4.69, 9.17) is 0 Å². The first-order valence-corrected chi connectivity index (χ1v) is 8.19. The van der Waals surface area contributed by atoms with Crippen LogP contribution in [0.5, 0.6) is 0 Å². The number of fused-ring (bicyclic) bond motifs is 1. The average Bonchev–Trinajstić information content (AvgIpc) is 3.10. The lowest BCUT2D eigenvalue weighted by Crippen LogP contribution is -2.30. The number of rotatable bonds is 5. The maximum absolute atomic E-state index is 12.6. The van der Waals surface area contributed by atoms with Crippen molar-refractivity contribution < 1.29 is 4.79 Å². The Kier molecular flexibility index (Phi) is 4.60. The van der Waals surface area contributed by atoms with E-state index in [1.54, 1.807) is 29.9 Å². The van der Waals surface area contributed by atoms with Crippen molar-refractivity contribution in [3.05, 3.63) is 52.6 Å². The van der Waals surface area contributed by atoms with Crippen molar-refractivity contribution >= 4 is 16.8 Å². The number of aryl methyl sites for hydroxylation is 2. The highest BCUT2D eigenvalue weighted by Crippen LogP contribution is 2.16. The molecule has 0 saturated carbocycles. The van der Waals surface area contributed by atoms with Gasteiger partial charge in [-0.15, -0.1) is 0 Å². The zero-order chi connectivity index (χ0) is 18.0. The molecule has 1 N–H and O–H groups in total. The Labute approximate surface area is 144 Å². The Morgan fingerprint density at radius 3 is 2.80 bits per heavy atom. The van der Waals surface area contributed by atoms with Crippen LogP contribution in [-0.4, -0.2) is 30.2 Å². The third-order valence-electron chi connectivity index (χ3n) is 4.15. The van der Waals surface area contributed by atoms with Crippen LogP contribution < -0.4 is 10.9 Å². The van der Waals surface area contributed by atoms with E-state index in [1.165, 1.54) is 17.2 Å². The molecular weight excluding hydrogens is 320 g/mol. The molecule has 0 aliphatic rings. The summed E-state index contributed by atoms with van der Waals surface area (Å²) in [7, 11) is 1.64. The van der Waals surface area contributed by atoms with Crippen molar-refractivity contribution in [2.24, 2.45) is 7.05 Å². The minimum Gasteiger partial charge on any atom is -0.342 e. The van der Waals surface area contributed by atoms with E-state index in [1.807, 2.05) is 13.8 Å². The van der Waals surface area contributed by atoms with Crippen molar-refractivity contribution in [1.29, 1.82) is 0 Å². The first-order valence-electron chi connectivity index (χ1n) is 8.19. The smallest absolute Gasteiger partial charge is 0.260 e. The molecule has 1 atom stereocenters. The van der Waals surface area contributed by atoms with Crippen LogP contribution in [0, 0.1) is 0 Å². The van der Waals surface area contributed by atoms with E-state index >= 15 is 0 Å². The number of nitrogens with zero attached hydrogens (tertiary/aromatic N) is 5. The lowest BCUT2D eigenvalue weighted by Gasteiger charge is -2.17. The Bertz CT molecular complexity index is 975. The molecule has 25 heavy (non-hydrogen) atoms. The molecule has 3 rings (SSSR count). The van der Waals surface area contributed by atoms with Crippen molar-refractivity contribution in [3.8, 4) is 0 Å². The second-order valence-corrected chi connectivity index (χ2v) is 5.76. The van der Waals surface area contributed by atoms with Gasteiger partial charge in [-0.2, -0.15) is 5.10 Å². The Morgan fingerprint density at radius 2 is 2.08 bits per heavy atom. The molecule has 8 nitrogen and oxygen atoms in total. The van der Waals surface area contributed by atoms with Crippen LogP contribution in [0.2, 0.25) is 0 Å². The molecule has 1 aromatic carbocycles. The van der Waals surface area contributed by atoms with Crippen LogP contribution in [0.15, 0.2) is 35.6 Å². The van der Waals surface area contributed by atoms with Crippen LogP contribution in [-0.2, 0) is 13.6 Å². The molecule has 0 radical (unpaired) electrons. The summed E-state index contributed by atoms with van der Waals surface area (Å²) < 4.78 is 3.17. The third-order valence-corrected chi connectivity index (χ3v) is 4.15. The SMILES string of the molecule is CC[C@H](NC(=O)c1ccc2c(=O)n(C)cnc2c1)c1ncnn1CC.